The number of benzene rings is 1. The Morgan fingerprint density at radius 1 is 1.32 bits per heavy atom. The molecule has 1 fully saturated rings. The number of nitrogens with one attached hydrogen (secondary N) is 1. The zero-order chi connectivity index (χ0) is 15.9. The number of ether oxygens (including phenoxy) is 1. The van der Waals surface area contributed by atoms with Crippen LogP contribution in [0, 0.1) is 11.8 Å². The number of amides is 1. The van der Waals surface area contributed by atoms with Gasteiger partial charge in [-0.25, -0.2) is 0 Å². The standard InChI is InChI=1S/C18H27NO3/c1-13(11-14-7-9-16(22-2)10-8-14)18(21)19-12-17(20)15-5-3-4-6-15/h7-10,13,15,17,20H,3-6,11-12H2,1-2H3,(H,19,21). The van der Waals surface area contributed by atoms with Gasteiger partial charge in [-0.05, 0) is 42.9 Å². The van der Waals surface area contributed by atoms with E-state index in [1.807, 2.05) is 31.2 Å². The highest BCUT2D eigenvalue weighted by molar-refractivity contribution is 5.78. The molecular weight excluding hydrogens is 278 g/mol. The smallest absolute Gasteiger partial charge is 0.223 e. The Balaban J connectivity index is 1.75. The van der Waals surface area contributed by atoms with Crippen LogP contribution in [0.3, 0.4) is 0 Å². The second kappa shape index (κ2) is 8.18. The molecule has 4 nitrogen and oxygen atoms in total. The molecule has 1 aromatic carbocycles. The third-order valence-electron chi connectivity index (χ3n) is 4.58. The summed E-state index contributed by atoms with van der Waals surface area (Å²) in [6, 6.07) is 7.78. The summed E-state index contributed by atoms with van der Waals surface area (Å²) in [5, 5.41) is 13.0. The first-order valence-corrected chi connectivity index (χ1v) is 8.19. The Morgan fingerprint density at radius 3 is 2.55 bits per heavy atom. The van der Waals surface area contributed by atoms with Crippen LogP contribution in [-0.4, -0.2) is 30.8 Å². The molecular formula is C18H27NO3. The van der Waals surface area contributed by atoms with Gasteiger partial charge in [-0.15, -0.1) is 0 Å². The minimum Gasteiger partial charge on any atom is -0.497 e. The van der Waals surface area contributed by atoms with Gasteiger partial charge in [0.1, 0.15) is 5.75 Å². The second-order valence-corrected chi connectivity index (χ2v) is 6.31. The average molecular weight is 305 g/mol. The molecule has 0 aromatic heterocycles. The summed E-state index contributed by atoms with van der Waals surface area (Å²) in [6.45, 7) is 2.29. The van der Waals surface area contributed by atoms with E-state index in [9.17, 15) is 9.90 Å². The van der Waals surface area contributed by atoms with Gasteiger partial charge in [0.15, 0.2) is 0 Å². The molecule has 122 valence electrons. The second-order valence-electron chi connectivity index (χ2n) is 6.31. The summed E-state index contributed by atoms with van der Waals surface area (Å²) in [5.41, 5.74) is 1.11. The van der Waals surface area contributed by atoms with E-state index in [4.69, 9.17) is 4.74 Å². The first-order valence-electron chi connectivity index (χ1n) is 8.19. The molecule has 2 atom stereocenters. The van der Waals surface area contributed by atoms with Crippen molar-refractivity contribution >= 4 is 5.91 Å². The van der Waals surface area contributed by atoms with Gasteiger partial charge in [-0.2, -0.15) is 0 Å². The van der Waals surface area contributed by atoms with Gasteiger partial charge in [0.25, 0.3) is 0 Å². The maximum Gasteiger partial charge on any atom is 0.223 e. The van der Waals surface area contributed by atoms with E-state index >= 15 is 0 Å². The summed E-state index contributed by atoms with van der Waals surface area (Å²) in [6.07, 6.45) is 4.85. The molecule has 22 heavy (non-hydrogen) atoms. The number of hydrogen-bond acceptors (Lipinski definition) is 3. The van der Waals surface area contributed by atoms with E-state index in [0.29, 0.717) is 18.9 Å². The Bertz CT molecular complexity index is 466. The molecule has 0 heterocycles. The van der Waals surface area contributed by atoms with Gasteiger partial charge < -0.3 is 15.2 Å². The van der Waals surface area contributed by atoms with Crippen molar-refractivity contribution in [2.75, 3.05) is 13.7 Å². The Kier molecular flexibility index (Phi) is 6.25. The highest BCUT2D eigenvalue weighted by atomic mass is 16.5. The van der Waals surface area contributed by atoms with Crippen molar-refractivity contribution in [2.45, 2.75) is 45.1 Å². The van der Waals surface area contributed by atoms with Crippen molar-refractivity contribution in [3.63, 3.8) is 0 Å². The fraction of sp³-hybridized carbons (Fsp3) is 0.611. The van der Waals surface area contributed by atoms with Gasteiger partial charge in [0.05, 0.1) is 13.2 Å². The van der Waals surface area contributed by atoms with Crippen LogP contribution >= 0.6 is 0 Å². The van der Waals surface area contributed by atoms with Gasteiger partial charge in [-0.1, -0.05) is 31.9 Å². The first kappa shape index (κ1) is 16.8. The molecule has 1 aromatic rings. The summed E-state index contributed by atoms with van der Waals surface area (Å²) < 4.78 is 5.13. The molecule has 0 radical (unpaired) electrons. The molecule has 2 rings (SSSR count). The number of aliphatic hydroxyl groups is 1. The van der Waals surface area contributed by atoms with Crippen LogP contribution in [0.4, 0.5) is 0 Å². The number of methoxy groups -OCH3 is 1. The molecule has 1 saturated carbocycles. The summed E-state index contributed by atoms with van der Waals surface area (Å²) >= 11 is 0. The number of rotatable bonds is 7. The van der Waals surface area contributed by atoms with E-state index in [-0.39, 0.29) is 11.8 Å². The summed E-state index contributed by atoms with van der Waals surface area (Å²) in [7, 11) is 1.64. The van der Waals surface area contributed by atoms with Gasteiger partial charge >= 0.3 is 0 Å². The number of carbonyl (C=O) groups is 1. The van der Waals surface area contributed by atoms with Gasteiger partial charge in [0.2, 0.25) is 5.91 Å². The van der Waals surface area contributed by atoms with Crippen LogP contribution in [-0.2, 0) is 11.2 Å². The van der Waals surface area contributed by atoms with E-state index in [1.54, 1.807) is 7.11 Å². The van der Waals surface area contributed by atoms with Crippen molar-refractivity contribution in [2.24, 2.45) is 11.8 Å². The van der Waals surface area contributed by atoms with Crippen molar-refractivity contribution in [1.29, 1.82) is 0 Å². The average Bonchev–Trinajstić information content (AvgIpc) is 3.07. The van der Waals surface area contributed by atoms with Crippen molar-refractivity contribution in [3.8, 4) is 5.75 Å². The predicted octanol–water partition coefficient (Wildman–Crippen LogP) is 2.54. The highest BCUT2D eigenvalue weighted by Crippen LogP contribution is 2.27. The zero-order valence-electron chi connectivity index (χ0n) is 13.5. The molecule has 2 unspecified atom stereocenters. The minimum atomic E-state index is -0.403. The summed E-state index contributed by atoms with van der Waals surface area (Å²) in [4.78, 5) is 12.1. The largest absolute Gasteiger partial charge is 0.497 e. The van der Waals surface area contributed by atoms with Gasteiger partial charge in [-0.3, -0.25) is 4.79 Å². The van der Waals surface area contributed by atoms with E-state index in [1.165, 1.54) is 12.8 Å². The van der Waals surface area contributed by atoms with Crippen LogP contribution in [0.1, 0.15) is 38.2 Å². The molecule has 1 aliphatic carbocycles. The van der Waals surface area contributed by atoms with Gasteiger partial charge in [0, 0.05) is 12.5 Å². The normalized spacial score (nSPS) is 18.0. The molecule has 1 amide bonds. The van der Waals surface area contributed by atoms with Crippen LogP contribution in [0.5, 0.6) is 5.75 Å². The zero-order valence-corrected chi connectivity index (χ0v) is 13.5. The third-order valence-corrected chi connectivity index (χ3v) is 4.58. The highest BCUT2D eigenvalue weighted by Gasteiger charge is 2.24. The lowest BCUT2D eigenvalue weighted by atomic mass is 9.99. The molecule has 0 saturated heterocycles. The monoisotopic (exact) mass is 305 g/mol. The predicted molar refractivity (Wildman–Crippen MR) is 86.8 cm³/mol. The Morgan fingerprint density at radius 2 is 1.95 bits per heavy atom. The topological polar surface area (TPSA) is 58.6 Å². The molecule has 0 spiro atoms. The van der Waals surface area contributed by atoms with E-state index in [2.05, 4.69) is 5.32 Å². The van der Waals surface area contributed by atoms with E-state index in [0.717, 1.165) is 24.2 Å². The lowest BCUT2D eigenvalue weighted by Gasteiger charge is -2.19. The minimum absolute atomic E-state index is 0.00728. The lowest BCUT2D eigenvalue weighted by molar-refractivity contribution is -0.125. The van der Waals surface area contributed by atoms with E-state index < -0.39 is 6.10 Å². The third kappa shape index (κ3) is 4.73. The van der Waals surface area contributed by atoms with Crippen LogP contribution in [0.25, 0.3) is 0 Å². The molecule has 4 heteroatoms. The first-order chi connectivity index (χ1) is 10.6. The van der Waals surface area contributed by atoms with Crippen LogP contribution in [0.2, 0.25) is 0 Å². The fourth-order valence-electron chi connectivity index (χ4n) is 3.10. The van der Waals surface area contributed by atoms with Crippen molar-refractivity contribution in [3.05, 3.63) is 29.8 Å². The SMILES string of the molecule is COc1ccc(CC(C)C(=O)NCC(O)C2CCCC2)cc1. The quantitative estimate of drug-likeness (QED) is 0.814. The Hall–Kier alpha value is -1.55. The van der Waals surface area contributed by atoms with Crippen molar-refractivity contribution < 1.29 is 14.6 Å². The Labute approximate surface area is 132 Å². The summed E-state index contributed by atoms with van der Waals surface area (Å²) in [5.74, 6) is 1.08. The maximum atomic E-state index is 12.1. The van der Waals surface area contributed by atoms with Crippen LogP contribution in [0.15, 0.2) is 24.3 Å². The number of carbonyl (C=O) groups excluding carboxylic acids is 1. The molecule has 1 aliphatic rings. The number of aliphatic hydroxyl groups excluding tert-OH is 1. The molecule has 0 bridgehead atoms. The molecule has 0 aliphatic heterocycles. The maximum absolute atomic E-state index is 12.1. The fourth-order valence-corrected chi connectivity index (χ4v) is 3.10. The lowest BCUT2D eigenvalue weighted by Crippen LogP contribution is -2.38. The number of hydrogen-bond donors (Lipinski definition) is 2. The van der Waals surface area contributed by atoms with Crippen LogP contribution < -0.4 is 10.1 Å². The molecule has 2 N–H and O–H groups in total. The van der Waals surface area contributed by atoms with Crippen molar-refractivity contribution in [1.82, 2.24) is 5.32 Å².